The molecule has 1 N–H and O–H groups in total. The molecule has 8 nitrogen and oxygen atoms in total. The molecular formula is C26H28N6O2S. The van der Waals surface area contributed by atoms with E-state index in [-0.39, 0.29) is 17.6 Å². The van der Waals surface area contributed by atoms with Crippen LogP contribution in [0.5, 0.6) is 0 Å². The van der Waals surface area contributed by atoms with Crippen molar-refractivity contribution in [2.45, 2.75) is 25.5 Å². The Morgan fingerprint density at radius 2 is 1.77 bits per heavy atom. The first kappa shape index (κ1) is 24.3. The lowest BCUT2D eigenvalue weighted by Gasteiger charge is -2.18. The van der Waals surface area contributed by atoms with Crippen LogP contribution in [0.25, 0.3) is 5.69 Å². The number of hydrogen-bond acceptors (Lipinski definition) is 5. The van der Waals surface area contributed by atoms with Gasteiger partial charge in [0, 0.05) is 55.5 Å². The molecule has 0 bridgehead atoms. The molecule has 0 spiro atoms. The highest BCUT2D eigenvalue weighted by molar-refractivity contribution is 7.99. The van der Waals surface area contributed by atoms with Crippen LogP contribution in [0.1, 0.15) is 27.3 Å². The van der Waals surface area contributed by atoms with E-state index in [2.05, 4.69) is 15.4 Å². The highest BCUT2D eigenvalue weighted by Crippen LogP contribution is 2.21. The van der Waals surface area contributed by atoms with Crippen LogP contribution in [0.15, 0.2) is 72.1 Å². The van der Waals surface area contributed by atoms with Gasteiger partial charge in [-0.3, -0.25) is 9.59 Å². The van der Waals surface area contributed by atoms with E-state index < -0.39 is 0 Å². The van der Waals surface area contributed by atoms with E-state index in [4.69, 9.17) is 0 Å². The van der Waals surface area contributed by atoms with Gasteiger partial charge in [0.25, 0.3) is 5.91 Å². The normalized spacial score (nSPS) is 10.9. The Morgan fingerprint density at radius 3 is 2.43 bits per heavy atom. The van der Waals surface area contributed by atoms with Gasteiger partial charge in [0.1, 0.15) is 0 Å². The van der Waals surface area contributed by atoms with Gasteiger partial charge in [-0.25, -0.2) is 9.67 Å². The van der Waals surface area contributed by atoms with Crippen molar-refractivity contribution in [2.75, 3.05) is 18.1 Å². The van der Waals surface area contributed by atoms with Crippen molar-refractivity contribution in [3.63, 3.8) is 0 Å². The summed E-state index contributed by atoms with van der Waals surface area (Å²) in [6.07, 6.45) is 3.54. The van der Waals surface area contributed by atoms with Crippen LogP contribution in [0.3, 0.4) is 0 Å². The maximum Gasteiger partial charge on any atom is 0.253 e. The largest absolute Gasteiger partial charge is 0.337 e. The average molecular weight is 489 g/mol. The Bertz CT molecular complexity index is 1330. The molecule has 0 saturated heterocycles. The van der Waals surface area contributed by atoms with Gasteiger partial charge in [0.2, 0.25) is 5.91 Å². The minimum atomic E-state index is -0.129. The number of aromatic nitrogens is 4. The SMILES string of the molecule is Cc1nn(-c2ccccc2)c(C)c1CN(C)C(=O)c1ccc(NC(=O)CSc2nccn2C)cc1. The summed E-state index contributed by atoms with van der Waals surface area (Å²) >= 11 is 1.37. The number of carbonyl (C=O) groups excluding carboxylic acids is 2. The fourth-order valence-corrected chi connectivity index (χ4v) is 4.50. The Hall–Kier alpha value is -3.85. The zero-order chi connectivity index (χ0) is 24.9. The summed E-state index contributed by atoms with van der Waals surface area (Å²) in [5.41, 5.74) is 5.12. The van der Waals surface area contributed by atoms with Crippen molar-refractivity contribution in [2.24, 2.45) is 7.05 Å². The van der Waals surface area contributed by atoms with Crippen molar-refractivity contribution in [1.29, 1.82) is 0 Å². The van der Waals surface area contributed by atoms with Gasteiger partial charge in [-0.1, -0.05) is 30.0 Å². The lowest BCUT2D eigenvalue weighted by molar-refractivity contribution is -0.113. The number of nitrogens with zero attached hydrogens (tertiary/aromatic N) is 5. The number of nitrogens with one attached hydrogen (secondary N) is 1. The molecule has 0 aliphatic rings. The second-order valence-corrected chi connectivity index (χ2v) is 9.24. The molecule has 0 aliphatic carbocycles. The highest BCUT2D eigenvalue weighted by Gasteiger charge is 2.18. The van der Waals surface area contributed by atoms with Gasteiger partial charge in [0.05, 0.1) is 17.1 Å². The number of imidazole rings is 1. The standard InChI is InChI=1S/C26H28N6O2S/c1-18-23(19(2)32(29-18)22-8-6-5-7-9-22)16-31(4)25(34)20-10-12-21(13-11-20)28-24(33)17-35-26-27-14-15-30(26)3/h5-15H,16-17H2,1-4H3,(H,28,33). The predicted molar refractivity (Wildman–Crippen MR) is 138 cm³/mol. The van der Waals surface area contributed by atoms with E-state index in [1.807, 2.05) is 66.7 Å². The lowest BCUT2D eigenvalue weighted by Crippen LogP contribution is -2.26. The lowest BCUT2D eigenvalue weighted by atomic mass is 10.1. The first-order chi connectivity index (χ1) is 16.8. The van der Waals surface area contributed by atoms with Gasteiger partial charge >= 0.3 is 0 Å². The molecule has 9 heteroatoms. The van der Waals surface area contributed by atoms with E-state index in [1.165, 1.54) is 11.8 Å². The maximum absolute atomic E-state index is 13.0. The third kappa shape index (κ3) is 5.63. The van der Waals surface area contributed by atoms with Gasteiger partial charge in [0.15, 0.2) is 5.16 Å². The van der Waals surface area contributed by atoms with Gasteiger partial charge in [-0.05, 0) is 50.2 Å². The van der Waals surface area contributed by atoms with Crippen molar-refractivity contribution < 1.29 is 9.59 Å². The number of rotatable bonds is 8. The molecule has 0 aliphatic heterocycles. The van der Waals surface area contributed by atoms with Crippen LogP contribution in [-0.2, 0) is 18.4 Å². The zero-order valence-electron chi connectivity index (χ0n) is 20.2. The van der Waals surface area contributed by atoms with Crippen molar-refractivity contribution >= 4 is 29.3 Å². The summed E-state index contributed by atoms with van der Waals surface area (Å²) in [6, 6.07) is 16.9. The Labute approximate surface area is 209 Å². The second kappa shape index (κ2) is 10.6. The van der Waals surface area contributed by atoms with Crippen molar-refractivity contribution in [3.05, 3.63) is 89.5 Å². The summed E-state index contributed by atoms with van der Waals surface area (Å²) in [6.45, 7) is 4.43. The summed E-state index contributed by atoms with van der Waals surface area (Å²) in [7, 11) is 3.67. The summed E-state index contributed by atoms with van der Waals surface area (Å²) in [5.74, 6) is 0.0268. The summed E-state index contributed by atoms with van der Waals surface area (Å²) < 4.78 is 3.77. The number of para-hydroxylation sites is 1. The molecule has 2 aromatic carbocycles. The Kier molecular flexibility index (Phi) is 7.36. The Balaban J connectivity index is 1.37. The number of carbonyl (C=O) groups is 2. The van der Waals surface area contributed by atoms with E-state index in [1.54, 1.807) is 42.4 Å². The van der Waals surface area contributed by atoms with E-state index in [9.17, 15) is 9.59 Å². The monoisotopic (exact) mass is 488 g/mol. The van der Waals surface area contributed by atoms with E-state index in [0.29, 0.717) is 17.8 Å². The van der Waals surface area contributed by atoms with Crippen LogP contribution in [-0.4, -0.2) is 48.8 Å². The smallest absolute Gasteiger partial charge is 0.253 e. The van der Waals surface area contributed by atoms with Gasteiger partial charge < -0.3 is 14.8 Å². The van der Waals surface area contributed by atoms with E-state index in [0.717, 1.165) is 27.8 Å². The van der Waals surface area contributed by atoms with Crippen LogP contribution in [0.2, 0.25) is 0 Å². The first-order valence-electron chi connectivity index (χ1n) is 11.2. The third-order valence-corrected chi connectivity index (χ3v) is 6.77. The number of benzene rings is 2. The van der Waals surface area contributed by atoms with Crippen LogP contribution in [0.4, 0.5) is 5.69 Å². The molecule has 2 heterocycles. The molecule has 0 fully saturated rings. The molecule has 0 atom stereocenters. The zero-order valence-corrected chi connectivity index (χ0v) is 21.0. The number of aryl methyl sites for hydroxylation is 2. The number of hydrogen-bond donors (Lipinski definition) is 1. The molecule has 0 saturated carbocycles. The maximum atomic E-state index is 13.0. The number of anilines is 1. The van der Waals surface area contributed by atoms with Crippen LogP contribution >= 0.6 is 11.8 Å². The minimum Gasteiger partial charge on any atom is -0.337 e. The second-order valence-electron chi connectivity index (χ2n) is 8.29. The highest BCUT2D eigenvalue weighted by atomic mass is 32.2. The average Bonchev–Trinajstić information content (AvgIpc) is 3.40. The molecule has 2 amide bonds. The fraction of sp³-hybridized carbons (Fsp3) is 0.231. The quantitative estimate of drug-likeness (QED) is 0.375. The topological polar surface area (TPSA) is 85.1 Å². The van der Waals surface area contributed by atoms with Crippen molar-refractivity contribution in [3.8, 4) is 5.69 Å². The van der Waals surface area contributed by atoms with Crippen LogP contribution < -0.4 is 5.32 Å². The predicted octanol–water partition coefficient (Wildman–Crippen LogP) is 4.23. The Morgan fingerprint density at radius 1 is 1.06 bits per heavy atom. The van der Waals surface area contributed by atoms with Gasteiger partial charge in [-0.2, -0.15) is 5.10 Å². The number of amides is 2. The van der Waals surface area contributed by atoms with E-state index >= 15 is 0 Å². The molecule has 4 rings (SSSR count). The van der Waals surface area contributed by atoms with Gasteiger partial charge in [-0.15, -0.1) is 0 Å². The molecule has 180 valence electrons. The fourth-order valence-electron chi connectivity index (χ4n) is 3.77. The summed E-state index contributed by atoms with van der Waals surface area (Å²) in [4.78, 5) is 31.2. The summed E-state index contributed by atoms with van der Waals surface area (Å²) in [5, 5.41) is 8.31. The van der Waals surface area contributed by atoms with Crippen LogP contribution in [0, 0.1) is 13.8 Å². The molecular weight excluding hydrogens is 460 g/mol. The molecule has 0 radical (unpaired) electrons. The first-order valence-corrected chi connectivity index (χ1v) is 12.2. The van der Waals surface area contributed by atoms with Crippen molar-refractivity contribution in [1.82, 2.24) is 24.2 Å². The molecule has 2 aromatic heterocycles. The molecule has 0 unspecified atom stereocenters. The minimum absolute atomic E-state index is 0.0977. The molecule has 35 heavy (non-hydrogen) atoms. The molecule has 4 aromatic rings. The third-order valence-electron chi connectivity index (χ3n) is 5.71. The number of thioether (sulfide) groups is 1.